The van der Waals surface area contributed by atoms with Crippen molar-refractivity contribution >= 4 is 12.3 Å². The quantitative estimate of drug-likeness (QED) is 0.493. The molecule has 0 saturated heterocycles. The van der Waals surface area contributed by atoms with Crippen LogP contribution < -0.4 is 0 Å². The van der Waals surface area contributed by atoms with Gasteiger partial charge in [-0.05, 0) is 13.3 Å². The van der Waals surface area contributed by atoms with E-state index in [1.807, 2.05) is 0 Å². The van der Waals surface area contributed by atoms with Crippen molar-refractivity contribution in [3.8, 4) is 0 Å². The number of rotatable bonds is 2. The molecule has 0 aromatic heterocycles. The van der Waals surface area contributed by atoms with E-state index in [2.05, 4.69) is 9.47 Å². The first-order valence-corrected chi connectivity index (χ1v) is 3.17. The minimum Gasteiger partial charge on any atom is -0.449 e. The number of hydrogen-bond acceptors (Lipinski definition) is 4. The maximum atomic E-state index is 10.4. The highest BCUT2D eigenvalue weighted by Crippen LogP contribution is 1.98. The Morgan fingerprint density at radius 2 is 2.09 bits per heavy atom. The Morgan fingerprint density at radius 3 is 2.45 bits per heavy atom. The van der Waals surface area contributed by atoms with Gasteiger partial charge in [-0.2, -0.15) is 0 Å². The van der Waals surface area contributed by atoms with E-state index in [0.717, 1.165) is 0 Å². The summed E-state index contributed by atoms with van der Waals surface area (Å²) in [7, 11) is 0. The van der Waals surface area contributed by atoms with Crippen molar-refractivity contribution in [2.75, 3.05) is 0 Å². The standard InChI is InChI=1S/C6H10O5/c1-3-4(2)10-6(9)11-5(7)8/h4H,3H2,1-2H3,(H,7,8). The Balaban J connectivity index is 3.60. The number of carbonyl (C=O) groups is 2. The molecule has 0 bridgehead atoms. The predicted octanol–water partition coefficient (Wildman–Crippen LogP) is 1.62. The molecule has 5 heteroatoms. The van der Waals surface area contributed by atoms with Crippen LogP contribution in [0.2, 0.25) is 0 Å². The lowest BCUT2D eigenvalue weighted by atomic mass is 10.3. The van der Waals surface area contributed by atoms with Gasteiger partial charge in [-0.3, -0.25) is 0 Å². The Bertz CT molecular complexity index is 153. The summed E-state index contributed by atoms with van der Waals surface area (Å²) in [6.07, 6.45) is -2.53. The van der Waals surface area contributed by atoms with Crippen molar-refractivity contribution in [2.45, 2.75) is 26.4 Å². The van der Waals surface area contributed by atoms with Crippen molar-refractivity contribution in [2.24, 2.45) is 0 Å². The molecular formula is C6H10O5. The zero-order chi connectivity index (χ0) is 8.85. The molecule has 0 aliphatic rings. The summed E-state index contributed by atoms with van der Waals surface area (Å²) in [4.78, 5) is 20.2. The second-order valence-corrected chi connectivity index (χ2v) is 1.95. The molecule has 0 aliphatic heterocycles. The molecule has 0 radical (unpaired) electrons. The van der Waals surface area contributed by atoms with Gasteiger partial charge >= 0.3 is 12.3 Å². The largest absolute Gasteiger partial charge is 0.518 e. The molecule has 64 valence electrons. The lowest BCUT2D eigenvalue weighted by Gasteiger charge is -2.07. The fraction of sp³-hybridized carbons (Fsp3) is 0.667. The van der Waals surface area contributed by atoms with Gasteiger partial charge in [0.1, 0.15) is 6.10 Å². The van der Waals surface area contributed by atoms with E-state index < -0.39 is 12.3 Å². The fourth-order valence-corrected chi connectivity index (χ4v) is 0.343. The number of hydrogen-bond donors (Lipinski definition) is 1. The third-order valence-corrected chi connectivity index (χ3v) is 1.04. The van der Waals surface area contributed by atoms with E-state index in [1.165, 1.54) is 0 Å². The van der Waals surface area contributed by atoms with Crippen molar-refractivity contribution in [3.63, 3.8) is 0 Å². The minimum atomic E-state index is -1.65. The summed E-state index contributed by atoms with van der Waals surface area (Å²) >= 11 is 0. The molecule has 0 fully saturated rings. The smallest absolute Gasteiger partial charge is 0.449 e. The van der Waals surface area contributed by atoms with Crippen LogP contribution in [0.1, 0.15) is 20.3 Å². The van der Waals surface area contributed by atoms with Crippen LogP contribution in [-0.4, -0.2) is 23.5 Å². The molecule has 0 aliphatic carbocycles. The van der Waals surface area contributed by atoms with Gasteiger partial charge in [0, 0.05) is 0 Å². The Morgan fingerprint density at radius 1 is 1.55 bits per heavy atom. The molecule has 0 spiro atoms. The van der Waals surface area contributed by atoms with Crippen LogP contribution in [0.25, 0.3) is 0 Å². The summed E-state index contributed by atoms with van der Waals surface area (Å²) in [5.74, 6) is 0. The zero-order valence-electron chi connectivity index (χ0n) is 6.36. The highest BCUT2D eigenvalue weighted by molar-refractivity contribution is 5.75. The molecule has 0 aromatic carbocycles. The maximum absolute atomic E-state index is 10.4. The zero-order valence-corrected chi connectivity index (χ0v) is 6.36. The number of carboxylic acid groups (broad SMARTS) is 1. The van der Waals surface area contributed by atoms with Gasteiger partial charge in [-0.1, -0.05) is 6.92 Å². The molecule has 11 heavy (non-hydrogen) atoms. The highest BCUT2D eigenvalue weighted by Gasteiger charge is 2.12. The van der Waals surface area contributed by atoms with Gasteiger partial charge in [0.25, 0.3) is 0 Å². The van der Waals surface area contributed by atoms with Crippen LogP contribution >= 0.6 is 0 Å². The van der Waals surface area contributed by atoms with Crippen LogP contribution in [-0.2, 0) is 9.47 Å². The Kier molecular flexibility index (Phi) is 4.02. The van der Waals surface area contributed by atoms with Crippen LogP contribution in [0.15, 0.2) is 0 Å². The maximum Gasteiger partial charge on any atom is 0.518 e. The third kappa shape index (κ3) is 5.20. The summed E-state index contributed by atoms with van der Waals surface area (Å²) in [6, 6.07) is 0. The minimum absolute atomic E-state index is 0.318. The van der Waals surface area contributed by atoms with Crippen molar-refractivity contribution in [3.05, 3.63) is 0 Å². The predicted molar refractivity (Wildman–Crippen MR) is 35.3 cm³/mol. The summed E-state index contributed by atoms with van der Waals surface area (Å²) in [5, 5.41) is 7.95. The third-order valence-electron chi connectivity index (χ3n) is 1.04. The van der Waals surface area contributed by atoms with E-state index >= 15 is 0 Å². The molecule has 0 amide bonds. The molecule has 0 saturated carbocycles. The molecular weight excluding hydrogens is 152 g/mol. The van der Waals surface area contributed by atoms with Crippen molar-refractivity contribution < 1.29 is 24.2 Å². The summed E-state index contributed by atoms with van der Waals surface area (Å²) in [6.45, 7) is 3.45. The second-order valence-electron chi connectivity index (χ2n) is 1.95. The molecule has 1 N–H and O–H groups in total. The van der Waals surface area contributed by atoms with E-state index in [-0.39, 0.29) is 6.10 Å². The van der Waals surface area contributed by atoms with Crippen LogP contribution in [0.4, 0.5) is 9.59 Å². The van der Waals surface area contributed by atoms with Crippen molar-refractivity contribution in [1.29, 1.82) is 0 Å². The number of ether oxygens (including phenoxy) is 2. The SMILES string of the molecule is CCC(C)OC(=O)OC(=O)O. The van der Waals surface area contributed by atoms with Gasteiger partial charge in [-0.25, -0.2) is 9.59 Å². The molecule has 1 atom stereocenters. The monoisotopic (exact) mass is 162 g/mol. The van der Waals surface area contributed by atoms with Crippen LogP contribution in [0.3, 0.4) is 0 Å². The van der Waals surface area contributed by atoms with Gasteiger partial charge in [0.05, 0.1) is 0 Å². The van der Waals surface area contributed by atoms with E-state index in [4.69, 9.17) is 5.11 Å². The van der Waals surface area contributed by atoms with Crippen LogP contribution in [0.5, 0.6) is 0 Å². The summed E-state index contributed by atoms with van der Waals surface area (Å²) < 4.78 is 8.15. The molecule has 5 nitrogen and oxygen atoms in total. The fourth-order valence-electron chi connectivity index (χ4n) is 0.343. The molecule has 1 unspecified atom stereocenters. The first-order chi connectivity index (χ1) is 5.06. The molecule has 0 rings (SSSR count). The van der Waals surface area contributed by atoms with Gasteiger partial charge in [0.15, 0.2) is 0 Å². The lowest BCUT2D eigenvalue weighted by Crippen LogP contribution is -2.17. The first kappa shape index (κ1) is 9.74. The molecule has 0 aromatic rings. The van der Waals surface area contributed by atoms with Gasteiger partial charge < -0.3 is 14.6 Å². The Labute approximate surface area is 63.9 Å². The van der Waals surface area contributed by atoms with Gasteiger partial charge in [-0.15, -0.1) is 0 Å². The van der Waals surface area contributed by atoms with Gasteiger partial charge in [0.2, 0.25) is 0 Å². The van der Waals surface area contributed by atoms with Crippen molar-refractivity contribution in [1.82, 2.24) is 0 Å². The van der Waals surface area contributed by atoms with E-state index in [1.54, 1.807) is 13.8 Å². The highest BCUT2D eigenvalue weighted by atomic mass is 16.8. The normalized spacial score (nSPS) is 11.8. The lowest BCUT2D eigenvalue weighted by molar-refractivity contribution is 0.0323. The number of carbonyl (C=O) groups excluding carboxylic acids is 1. The topological polar surface area (TPSA) is 72.8 Å². The average molecular weight is 162 g/mol. The summed E-state index contributed by atoms with van der Waals surface area (Å²) in [5.41, 5.74) is 0. The van der Waals surface area contributed by atoms with E-state index in [9.17, 15) is 9.59 Å². The van der Waals surface area contributed by atoms with E-state index in [0.29, 0.717) is 6.42 Å². The molecule has 0 heterocycles. The second kappa shape index (κ2) is 4.54. The average Bonchev–Trinajstić information content (AvgIpc) is 1.85. The first-order valence-electron chi connectivity index (χ1n) is 3.17. The van der Waals surface area contributed by atoms with Crippen LogP contribution in [0, 0.1) is 0 Å². The Hall–Kier alpha value is -1.26.